The van der Waals surface area contributed by atoms with Crippen molar-refractivity contribution in [3.63, 3.8) is 0 Å². The lowest BCUT2D eigenvalue weighted by molar-refractivity contribution is 0.0346. The quantitative estimate of drug-likeness (QED) is 0.891. The lowest BCUT2D eigenvalue weighted by Crippen LogP contribution is -2.53. The Morgan fingerprint density at radius 1 is 1.42 bits per heavy atom. The maximum absolute atomic E-state index is 12.4. The Labute approximate surface area is 146 Å². The molecule has 3 rings (SSSR count). The standard InChI is InChI=1S/C18H23N3O2S/c1-12-3-4-14(7-13(12)2)18(23)20-16-5-6-21(9-17(16)22)8-15-10-24-11-19-15/h3-4,7,10-11,16-17,22H,5-6,8-9H2,1-2H3,(H,20,23). The van der Waals surface area contributed by atoms with Crippen LogP contribution in [0.1, 0.15) is 33.6 Å². The van der Waals surface area contributed by atoms with E-state index in [4.69, 9.17) is 0 Å². The van der Waals surface area contributed by atoms with Gasteiger partial charge < -0.3 is 10.4 Å². The first-order valence-corrected chi connectivity index (χ1v) is 9.13. The monoisotopic (exact) mass is 345 g/mol. The summed E-state index contributed by atoms with van der Waals surface area (Å²) in [6.07, 6.45) is 0.176. The number of hydrogen-bond donors (Lipinski definition) is 2. The molecule has 0 spiro atoms. The number of hydrogen-bond acceptors (Lipinski definition) is 5. The van der Waals surface area contributed by atoms with Crippen LogP contribution in [0.4, 0.5) is 0 Å². The summed E-state index contributed by atoms with van der Waals surface area (Å²) < 4.78 is 0. The molecule has 2 heterocycles. The third kappa shape index (κ3) is 4.01. The highest BCUT2D eigenvalue weighted by atomic mass is 32.1. The maximum Gasteiger partial charge on any atom is 0.251 e. The second-order valence-electron chi connectivity index (χ2n) is 6.45. The van der Waals surface area contributed by atoms with Crippen molar-refractivity contribution in [3.05, 3.63) is 51.5 Å². The van der Waals surface area contributed by atoms with E-state index in [0.29, 0.717) is 12.1 Å². The number of aliphatic hydroxyl groups is 1. The van der Waals surface area contributed by atoms with Crippen molar-refractivity contribution in [1.82, 2.24) is 15.2 Å². The Morgan fingerprint density at radius 2 is 2.25 bits per heavy atom. The van der Waals surface area contributed by atoms with Gasteiger partial charge in [-0.3, -0.25) is 9.69 Å². The molecule has 1 aromatic carbocycles. The van der Waals surface area contributed by atoms with Gasteiger partial charge in [0.05, 0.1) is 23.4 Å². The van der Waals surface area contributed by atoms with Gasteiger partial charge in [0.15, 0.2) is 0 Å². The third-order valence-corrected chi connectivity index (χ3v) is 5.26. The molecule has 0 bridgehead atoms. The van der Waals surface area contributed by atoms with E-state index < -0.39 is 6.10 Å². The van der Waals surface area contributed by atoms with E-state index in [9.17, 15) is 9.90 Å². The average molecular weight is 345 g/mol. The van der Waals surface area contributed by atoms with Gasteiger partial charge in [-0.05, 0) is 43.5 Å². The van der Waals surface area contributed by atoms with Crippen LogP contribution in [0.3, 0.4) is 0 Å². The highest BCUT2D eigenvalue weighted by Gasteiger charge is 2.29. The van der Waals surface area contributed by atoms with E-state index in [0.717, 1.165) is 30.8 Å². The van der Waals surface area contributed by atoms with Crippen LogP contribution in [0.2, 0.25) is 0 Å². The summed E-state index contributed by atoms with van der Waals surface area (Å²) in [5.74, 6) is -0.116. The van der Waals surface area contributed by atoms with E-state index in [-0.39, 0.29) is 11.9 Å². The summed E-state index contributed by atoms with van der Waals surface area (Å²) in [5, 5.41) is 15.4. The van der Waals surface area contributed by atoms with Crippen LogP contribution in [0.15, 0.2) is 29.1 Å². The smallest absolute Gasteiger partial charge is 0.251 e. The number of aromatic nitrogens is 1. The van der Waals surface area contributed by atoms with Crippen LogP contribution in [0, 0.1) is 13.8 Å². The topological polar surface area (TPSA) is 65.5 Å². The number of nitrogens with zero attached hydrogens (tertiary/aromatic N) is 2. The molecule has 0 aliphatic carbocycles. The average Bonchev–Trinajstić information content (AvgIpc) is 3.05. The van der Waals surface area contributed by atoms with Crippen molar-refractivity contribution >= 4 is 17.2 Å². The SMILES string of the molecule is Cc1ccc(C(=O)NC2CCN(Cc3cscn3)CC2O)cc1C. The van der Waals surface area contributed by atoms with Gasteiger partial charge in [-0.1, -0.05) is 6.07 Å². The van der Waals surface area contributed by atoms with Gasteiger partial charge in [-0.15, -0.1) is 11.3 Å². The lowest BCUT2D eigenvalue weighted by Gasteiger charge is -2.36. The van der Waals surface area contributed by atoms with Gasteiger partial charge in [-0.25, -0.2) is 4.98 Å². The fourth-order valence-electron chi connectivity index (χ4n) is 2.99. The zero-order valence-electron chi connectivity index (χ0n) is 14.0. The molecule has 0 radical (unpaired) electrons. The van der Waals surface area contributed by atoms with E-state index in [1.165, 1.54) is 5.56 Å². The normalized spacial score (nSPS) is 21.6. The molecule has 1 saturated heterocycles. The van der Waals surface area contributed by atoms with Crippen molar-refractivity contribution in [3.8, 4) is 0 Å². The molecule has 5 nitrogen and oxygen atoms in total. The van der Waals surface area contributed by atoms with E-state index in [1.807, 2.05) is 42.9 Å². The first-order valence-electron chi connectivity index (χ1n) is 8.18. The van der Waals surface area contributed by atoms with Crippen molar-refractivity contribution in [2.75, 3.05) is 13.1 Å². The van der Waals surface area contributed by atoms with Crippen molar-refractivity contribution in [2.24, 2.45) is 0 Å². The summed E-state index contributed by atoms with van der Waals surface area (Å²) in [7, 11) is 0. The predicted molar refractivity (Wildman–Crippen MR) is 95.2 cm³/mol. The first-order chi connectivity index (χ1) is 11.5. The van der Waals surface area contributed by atoms with Crippen molar-refractivity contribution < 1.29 is 9.90 Å². The Morgan fingerprint density at radius 3 is 2.92 bits per heavy atom. The summed E-state index contributed by atoms with van der Waals surface area (Å²) >= 11 is 1.58. The molecule has 1 aliphatic heterocycles. The Hall–Kier alpha value is -1.76. The number of amides is 1. The number of aliphatic hydroxyl groups excluding tert-OH is 1. The van der Waals surface area contributed by atoms with Crippen LogP contribution >= 0.6 is 11.3 Å². The molecule has 2 unspecified atom stereocenters. The molecule has 1 aromatic heterocycles. The Kier molecular flexibility index (Phi) is 5.28. The third-order valence-electron chi connectivity index (χ3n) is 4.62. The number of likely N-dealkylation sites (tertiary alicyclic amines) is 1. The second kappa shape index (κ2) is 7.42. The number of nitrogens with one attached hydrogen (secondary N) is 1. The highest BCUT2D eigenvalue weighted by molar-refractivity contribution is 7.07. The fraction of sp³-hybridized carbons (Fsp3) is 0.444. The highest BCUT2D eigenvalue weighted by Crippen LogP contribution is 2.16. The molecule has 1 aliphatic rings. The van der Waals surface area contributed by atoms with Gasteiger partial charge in [0.25, 0.3) is 5.91 Å². The molecule has 1 fully saturated rings. The van der Waals surface area contributed by atoms with Crippen LogP contribution in [0.25, 0.3) is 0 Å². The number of benzene rings is 1. The van der Waals surface area contributed by atoms with Crippen molar-refractivity contribution in [2.45, 2.75) is 39.0 Å². The second-order valence-corrected chi connectivity index (χ2v) is 7.17. The van der Waals surface area contributed by atoms with E-state index >= 15 is 0 Å². The minimum Gasteiger partial charge on any atom is -0.390 e. The zero-order chi connectivity index (χ0) is 17.1. The van der Waals surface area contributed by atoms with Gasteiger partial charge in [0, 0.05) is 30.6 Å². The van der Waals surface area contributed by atoms with Crippen LogP contribution < -0.4 is 5.32 Å². The summed E-state index contributed by atoms with van der Waals surface area (Å²) in [6.45, 7) is 6.16. The molecule has 6 heteroatoms. The Bertz CT molecular complexity index is 702. The Balaban J connectivity index is 1.56. The predicted octanol–water partition coefficient (Wildman–Crippen LogP) is 2.13. The van der Waals surface area contributed by atoms with E-state index in [1.54, 1.807) is 11.3 Å². The number of aryl methyl sites for hydroxylation is 2. The largest absolute Gasteiger partial charge is 0.390 e. The molecule has 24 heavy (non-hydrogen) atoms. The van der Waals surface area contributed by atoms with Gasteiger partial charge >= 0.3 is 0 Å². The fourth-order valence-corrected chi connectivity index (χ4v) is 3.54. The number of thiazole rings is 1. The number of rotatable bonds is 4. The number of carbonyl (C=O) groups excluding carboxylic acids is 1. The van der Waals surface area contributed by atoms with E-state index in [2.05, 4.69) is 15.2 Å². The lowest BCUT2D eigenvalue weighted by atomic mass is 10.0. The van der Waals surface area contributed by atoms with Crippen molar-refractivity contribution in [1.29, 1.82) is 0 Å². The zero-order valence-corrected chi connectivity index (χ0v) is 14.8. The van der Waals surface area contributed by atoms with Crippen LogP contribution in [-0.4, -0.2) is 46.1 Å². The van der Waals surface area contributed by atoms with Gasteiger partial charge in [0.1, 0.15) is 0 Å². The molecule has 1 amide bonds. The maximum atomic E-state index is 12.4. The minimum absolute atomic E-state index is 0.116. The number of piperidine rings is 1. The van der Waals surface area contributed by atoms with Gasteiger partial charge in [-0.2, -0.15) is 0 Å². The summed E-state index contributed by atoms with van der Waals surface area (Å²) in [4.78, 5) is 18.9. The molecular weight excluding hydrogens is 322 g/mol. The minimum atomic E-state index is -0.562. The van der Waals surface area contributed by atoms with Gasteiger partial charge in [0.2, 0.25) is 0 Å². The summed E-state index contributed by atoms with van der Waals surface area (Å²) in [6, 6.07) is 5.48. The van der Waals surface area contributed by atoms with Crippen LogP contribution in [-0.2, 0) is 6.54 Å². The molecule has 2 aromatic rings. The van der Waals surface area contributed by atoms with Crippen LogP contribution in [0.5, 0.6) is 0 Å². The molecule has 128 valence electrons. The first kappa shape index (κ1) is 17.1. The molecule has 2 atom stereocenters. The summed E-state index contributed by atoms with van der Waals surface area (Å²) in [5.41, 5.74) is 5.77. The molecule has 2 N–H and O–H groups in total. The number of β-amino-alcohol motifs (C(OH)–C–C–N with tert-alkyl or cyclic N) is 1. The number of carbonyl (C=O) groups is 1. The molecule has 0 saturated carbocycles. The molecular formula is C18H23N3O2S.